The lowest BCUT2D eigenvalue weighted by molar-refractivity contribution is -0.384. The van der Waals surface area contributed by atoms with E-state index < -0.39 is 10.8 Å². The minimum Gasteiger partial charge on any atom is -0.351 e. The van der Waals surface area contributed by atoms with Gasteiger partial charge in [0.2, 0.25) is 0 Å². The fourth-order valence-corrected chi connectivity index (χ4v) is 0.842. The third kappa shape index (κ3) is 2.90. The zero-order valence-electron chi connectivity index (χ0n) is 8.27. The number of nitrogens with zero attached hydrogens (tertiary/aromatic N) is 2. The first-order valence-electron chi connectivity index (χ1n) is 4.14. The topological polar surface area (TPSA) is 100 Å². The first-order chi connectivity index (χ1) is 7.00. The van der Waals surface area contributed by atoms with Crippen molar-refractivity contribution in [2.45, 2.75) is 13.8 Å². The number of aromatic nitrogens is 1. The number of hydrogen-bond donors (Lipinski definition) is 2. The van der Waals surface area contributed by atoms with Crippen molar-refractivity contribution in [3.63, 3.8) is 0 Å². The number of nitrogens with one attached hydrogen (secondary N) is 2. The van der Waals surface area contributed by atoms with E-state index in [-0.39, 0.29) is 11.4 Å². The second-order valence-corrected chi connectivity index (χ2v) is 3.03. The Kier molecular flexibility index (Phi) is 3.17. The highest BCUT2D eigenvalue weighted by Crippen LogP contribution is 2.11. The Hall–Kier alpha value is -2.18. The van der Waals surface area contributed by atoms with Gasteiger partial charge in [0, 0.05) is 11.8 Å². The zero-order chi connectivity index (χ0) is 11.4. The van der Waals surface area contributed by atoms with Crippen molar-refractivity contribution in [1.29, 1.82) is 0 Å². The van der Waals surface area contributed by atoms with E-state index in [2.05, 4.69) is 15.5 Å². The van der Waals surface area contributed by atoms with Gasteiger partial charge in [0.25, 0.3) is 11.6 Å². The molecule has 1 heterocycles. The van der Waals surface area contributed by atoms with Crippen molar-refractivity contribution in [2.24, 2.45) is 5.10 Å². The largest absolute Gasteiger partial charge is 0.351 e. The van der Waals surface area contributed by atoms with E-state index in [0.29, 0.717) is 5.71 Å². The third-order valence-corrected chi connectivity index (χ3v) is 1.50. The van der Waals surface area contributed by atoms with Crippen molar-refractivity contribution >= 4 is 17.3 Å². The van der Waals surface area contributed by atoms with Crippen LogP contribution >= 0.6 is 0 Å². The molecular weight excluding hydrogens is 200 g/mol. The standard InChI is InChI=1S/C8H10N4O3/c1-5(2)10-11-8(13)7-3-6(4-9-7)12(14)15/h3-4,9H,1-2H3,(H,11,13). The number of hydrogen-bond acceptors (Lipinski definition) is 4. The second kappa shape index (κ2) is 4.36. The lowest BCUT2D eigenvalue weighted by atomic mass is 10.4. The molecule has 0 aromatic carbocycles. The van der Waals surface area contributed by atoms with Gasteiger partial charge in [-0.15, -0.1) is 0 Å². The first kappa shape index (κ1) is 10.9. The Morgan fingerprint density at radius 2 is 2.27 bits per heavy atom. The summed E-state index contributed by atoms with van der Waals surface area (Å²) in [5.41, 5.74) is 2.88. The molecule has 0 saturated heterocycles. The fraction of sp³-hybridized carbons (Fsp3) is 0.250. The predicted octanol–water partition coefficient (Wildman–Crippen LogP) is 1.05. The highest BCUT2D eigenvalue weighted by atomic mass is 16.6. The van der Waals surface area contributed by atoms with Crippen molar-refractivity contribution in [1.82, 2.24) is 10.4 Å². The number of carbonyl (C=O) groups excluding carboxylic acids is 1. The SMILES string of the molecule is CC(C)=NNC(=O)c1cc([N+](=O)[O-])c[nH]1. The van der Waals surface area contributed by atoms with Crippen LogP contribution in [0.1, 0.15) is 24.3 Å². The number of rotatable bonds is 3. The van der Waals surface area contributed by atoms with Crippen LogP contribution < -0.4 is 5.43 Å². The van der Waals surface area contributed by atoms with Crippen LogP contribution in [0.5, 0.6) is 0 Å². The molecule has 0 aliphatic heterocycles. The van der Waals surface area contributed by atoms with Crippen LogP contribution in [-0.4, -0.2) is 21.5 Å². The molecule has 2 N–H and O–H groups in total. The summed E-state index contributed by atoms with van der Waals surface area (Å²) in [6.07, 6.45) is 1.15. The van der Waals surface area contributed by atoms with E-state index >= 15 is 0 Å². The van der Waals surface area contributed by atoms with Crippen LogP contribution in [0.15, 0.2) is 17.4 Å². The third-order valence-electron chi connectivity index (χ3n) is 1.50. The monoisotopic (exact) mass is 210 g/mol. The molecule has 1 aromatic rings. The summed E-state index contributed by atoms with van der Waals surface area (Å²) in [6, 6.07) is 1.15. The molecule has 7 nitrogen and oxygen atoms in total. The lowest BCUT2D eigenvalue weighted by Gasteiger charge is -1.95. The highest BCUT2D eigenvalue weighted by molar-refractivity contribution is 5.94. The van der Waals surface area contributed by atoms with E-state index in [1.165, 1.54) is 0 Å². The Morgan fingerprint density at radius 3 is 2.73 bits per heavy atom. The quantitative estimate of drug-likeness (QED) is 0.443. The van der Waals surface area contributed by atoms with Gasteiger partial charge in [-0.3, -0.25) is 14.9 Å². The van der Waals surface area contributed by atoms with Gasteiger partial charge in [-0.25, -0.2) is 5.43 Å². The van der Waals surface area contributed by atoms with E-state index in [4.69, 9.17) is 0 Å². The number of H-pyrrole nitrogens is 1. The summed E-state index contributed by atoms with van der Waals surface area (Å²) in [7, 11) is 0. The number of carbonyl (C=O) groups is 1. The summed E-state index contributed by atoms with van der Waals surface area (Å²) in [4.78, 5) is 23.5. The molecule has 0 aliphatic carbocycles. The van der Waals surface area contributed by atoms with Crippen LogP contribution in [0.2, 0.25) is 0 Å². The van der Waals surface area contributed by atoms with Gasteiger partial charge in [0.15, 0.2) is 0 Å². The lowest BCUT2D eigenvalue weighted by Crippen LogP contribution is -2.18. The maximum absolute atomic E-state index is 11.3. The highest BCUT2D eigenvalue weighted by Gasteiger charge is 2.13. The smallest absolute Gasteiger partial charge is 0.288 e. The van der Waals surface area contributed by atoms with E-state index in [1.54, 1.807) is 13.8 Å². The first-order valence-corrected chi connectivity index (χ1v) is 4.14. The molecule has 0 fully saturated rings. The molecule has 0 unspecified atom stereocenters. The molecular formula is C8H10N4O3. The average Bonchev–Trinajstić information content (AvgIpc) is 2.62. The van der Waals surface area contributed by atoms with Crippen molar-refractivity contribution in [3.05, 3.63) is 28.1 Å². The van der Waals surface area contributed by atoms with Crippen molar-refractivity contribution in [3.8, 4) is 0 Å². The maximum Gasteiger partial charge on any atom is 0.288 e. The van der Waals surface area contributed by atoms with Gasteiger partial charge in [0.05, 0.1) is 11.1 Å². The Bertz CT molecular complexity index is 417. The second-order valence-electron chi connectivity index (χ2n) is 3.03. The minimum atomic E-state index is -0.582. The predicted molar refractivity (Wildman–Crippen MR) is 53.7 cm³/mol. The molecule has 15 heavy (non-hydrogen) atoms. The molecule has 0 atom stereocenters. The number of nitro groups is 1. The molecule has 80 valence electrons. The van der Waals surface area contributed by atoms with E-state index in [0.717, 1.165) is 12.3 Å². The molecule has 0 saturated carbocycles. The van der Waals surface area contributed by atoms with Gasteiger partial charge in [-0.05, 0) is 13.8 Å². The van der Waals surface area contributed by atoms with Gasteiger partial charge in [-0.1, -0.05) is 0 Å². The van der Waals surface area contributed by atoms with Gasteiger partial charge >= 0.3 is 0 Å². The van der Waals surface area contributed by atoms with Crippen molar-refractivity contribution < 1.29 is 9.72 Å². The number of hydrazone groups is 1. The average molecular weight is 210 g/mol. The van der Waals surface area contributed by atoms with Gasteiger partial charge in [-0.2, -0.15) is 5.10 Å². The summed E-state index contributed by atoms with van der Waals surface area (Å²) in [5.74, 6) is -0.510. The molecule has 0 spiro atoms. The molecule has 1 amide bonds. The Balaban J connectivity index is 2.75. The van der Waals surface area contributed by atoms with Gasteiger partial charge in [0.1, 0.15) is 5.69 Å². The normalized spacial score (nSPS) is 9.47. The number of aromatic amines is 1. The molecule has 1 rings (SSSR count). The van der Waals surface area contributed by atoms with Gasteiger partial charge < -0.3 is 4.98 Å². The molecule has 1 aromatic heterocycles. The summed E-state index contributed by atoms with van der Waals surface area (Å²) in [5, 5.41) is 14.0. The summed E-state index contributed by atoms with van der Waals surface area (Å²) < 4.78 is 0. The Morgan fingerprint density at radius 1 is 1.60 bits per heavy atom. The van der Waals surface area contributed by atoms with E-state index in [1.807, 2.05) is 0 Å². The number of amides is 1. The molecule has 0 bridgehead atoms. The Labute approximate surface area is 85.3 Å². The zero-order valence-corrected chi connectivity index (χ0v) is 8.27. The van der Waals surface area contributed by atoms with Crippen LogP contribution in [0.25, 0.3) is 0 Å². The fourth-order valence-electron chi connectivity index (χ4n) is 0.842. The summed E-state index contributed by atoms with van der Waals surface area (Å²) >= 11 is 0. The van der Waals surface area contributed by atoms with Crippen LogP contribution in [0.3, 0.4) is 0 Å². The van der Waals surface area contributed by atoms with Crippen LogP contribution in [-0.2, 0) is 0 Å². The van der Waals surface area contributed by atoms with Crippen LogP contribution in [0, 0.1) is 10.1 Å². The minimum absolute atomic E-state index is 0.103. The molecule has 0 aliphatic rings. The van der Waals surface area contributed by atoms with Crippen molar-refractivity contribution in [2.75, 3.05) is 0 Å². The van der Waals surface area contributed by atoms with E-state index in [9.17, 15) is 14.9 Å². The maximum atomic E-state index is 11.3. The summed E-state index contributed by atoms with van der Waals surface area (Å²) in [6.45, 7) is 3.44. The van der Waals surface area contributed by atoms with Crippen LogP contribution in [0.4, 0.5) is 5.69 Å². The molecule has 7 heteroatoms. The molecule has 0 radical (unpaired) electrons.